The third kappa shape index (κ3) is 3.35. The Balaban J connectivity index is 2.18. The molecule has 2 rings (SSSR count). The number of anilines is 1. The van der Waals surface area contributed by atoms with Gasteiger partial charge in [0.15, 0.2) is 0 Å². The largest absolute Gasteiger partial charge is 0.480 e. The van der Waals surface area contributed by atoms with Gasteiger partial charge in [-0.05, 0) is 49.8 Å². The summed E-state index contributed by atoms with van der Waals surface area (Å²) in [5.41, 5.74) is 2.76. The number of benzene rings is 1. The van der Waals surface area contributed by atoms with Crippen molar-refractivity contribution < 1.29 is 14.7 Å². The lowest BCUT2D eigenvalue weighted by Crippen LogP contribution is -2.53. The molecular weight excluding hydrogens is 268 g/mol. The SMILES string of the molecule is Cc1ccc(C)c(NC(=O)N2CCCC(C)C2C(=O)O)c1. The molecule has 1 aliphatic heterocycles. The van der Waals surface area contributed by atoms with E-state index in [1.165, 1.54) is 4.90 Å². The van der Waals surface area contributed by atoms with E-state index in [1.807, 2.05) is 39.0 Å². The number of likely N-dealkylation sites (tertiary alicyclic amines) is 1. The molecule has 0 spiro atoms. The highest BCUT2D eigenvalue weighted by Crippen LogP contribution is 2.25. The van der Waals surface area contributed by atoms with Gasteiger partial charge in [-0.15, -0.1) is 0 Å². The van der Waals surface area contributed by atoms with Crippen LogP contribution in [0.15, 0.2) is 18.2 Å². The summed E-state index contributed by atoms with van der Waals surface area (Å²) < 4.78 is 0. The second kappa shape index (κ2) is 6.16. The van der Waals surface area contributed by atoms with Crippen LogP contribution >= 0.6 is 0 Å². The number of nitrogens with zero attached hydrogens (tertiary/aromatic N) is 1. The van der Waals surface area contributed by atoms with Crippen LogP contribution in [-0.4, -0.2) is 34.6 Å². The summed E-state index contributed by atoms with van der Waals surface area (Å²) >= 11 is 0. The molecule has 0 aromatic heterocycles. The number of aliphatic carboxylic acids is 1. The lowest BCUT2D eigenvalue weighted by Gasteiger charge is -2.37. The number of aryl methyl sites for hydroxylation is 2. The van der Waals surface area contributed by atoms with E-state index in [2.05, 4.69) is 5.32 Å². The Morgan fingerprint density at radius 2 is 2.05 bits per heavy atom. The van der Waals surface area contributed by atoms with Crippen LogP contribution in [0, 0.1) is 19.8 Å². The molecule has 2 atom stereocenters. The molecule has 1 aliphatic rings. The van der Waals surface area contributed by atoms with Crippen molar-refractivity contribution in [2.75, 3.05) is 11.9 Å². The molecule has 1 aromatic carbocycles. The van der Waals surface area contributed by atoms with Gasteiger partial charge in [0.25, 0.3) is 0 Å². The van der Waals surface area contributed by atoms with Gasteiger partial charge in [0.2, 0.25) is 0 Å². The van der Waals surface area contributed by atoms with Crippen molar-refractivity contribution in [1.82, 2.24) is 4.90 Å². The van der Waals surface area contributed by atoms with Crippen LogP contribution in [0.5, 0.6) is 0 Å². The van der Waals surface area contributed by atoms with Crippen LogP contribution in [0.1, 0.15) is 30.9 Å². The Labute approximate surface area is 125 Å². The zero-order valence-electron chi connectivity index (χ0n) is 12.7. The topological polar surface area (TPSA) is 69.6 Å². The highest BCUT2D eigenvalue weighted by molar-refractivity contribution is 5.93. The molecule has 0 radical (unpaired) electrons. The summed E-state index contributed by atoms with van der Waals surface area (Å²) in [7, 11) is 0. The van der Waals surface area contributed by atoms with Crippen molar-refractivity contribution >= 4 is 17.7 Å². The first-order valence-corrected chi connectivity index (χ1v) is 7.28. The van der Waals surface area contributed by atoms with Crippen molar-refractivity contribution in [3.63, 3.8) is 0 Å². The predicted octanol–water partition coefficient (Wildman–Crippen LogP) is 3.02. The normalized spacial score (nSPS) is 22.0. The Kier molecular flexibility index (Phi) is 4.50. The lowest BCUT2D eigenvalue weighted by molar-refractivity contribution is -0.145. The van der Waals surface area contributed by atoms with Gasteiger partial charge in [0.1, 0.15) is 6.04 Å². The van der Waals surface area contributed by atoms with E-state index in [-0.39, 0.29) is 11.9 Å². The van der Waals surface area contributed by atoms with Crippen LogP contribution in [0.3, 0.4) is 0 Å². The third-order valence-electron chi connectivity index (χ3n) is 4.08. The molecule has 5 heteroatoms. The molecule has 2 N–H and O–H groups in total. The molecule has 21 heavy (non-hydrogen) atoms. The van der Waals surface area contributed by atoms with Crippen LogP contribution in [0.4, 0.5) is 10.5 Å². The fraction of sp³-hybridized carbons (Fsp3) is 0.500. The van der Waals surface area contributed by atoms with Gasteiger partial charge < -0.3 is 15.3 Å². The molecule has 0 saturated carbocycles. The Hall–Kier alpha value is -2.04. The summed E-state index contributed by atoms with van der Waals surface area (Å²) in [6.07, 6.45) is 1.68. The maximum Gasteiger partial charge on any atom is 0.326 e. The number of nitrogens with one attached hydrogen (secondary N) is 1. The maximum absolute atomic E-state index is 12.4. The molecule has 2 unspecified atom stereocenters. The summed E-state index contributed by atoms with van der Waals surface area (Å²) in [6, 6.07) is 4.74. The van der Waals surface area contributed by atoms with Gasteiger partial charge in [0, 0.05) is 12.2 Å². The monoisotopic (exact) mass is 290 g/mol. The van der Waals surface area contributed by atoms with Gasteiger partial charge in [-0.2, -0.15) is 0 Å². The first kappa shape index (κ1) is 15.4. The molecule has 1 heterocycles. The minimum Gasteiger partial charge on any atom is -0.480 e. The average molecular weight is 290 g/mol. The van der Waals surface area contributed by atoms with Crippen molar-refractivity contribution in [3.05, 3.63) is 29.3 Å². The van der Waals surface area contributed by atoms with Gasteiger partial charge in [-0.3, -0.25) is 0 Å². The number of carboxylic acid groups (broad SMARTS) is 1. The number of hydrogen-bond donors (Lipinski definition) is 2. The fourth-order valence-corrected chi connectivity index (χ4v) is 2.85. The Morgan fingerprint density at radius 1 is 1.33 bits per heavy atom. The second-order valence-electron chi connectivity index (χ2n) is 5.84. The maximum atomic E-state index is 12.4. The Morgan fingerprint density at radius 3 is 2.71 bits per heavy atom. The average Bonchev–Trinajstić information content (AvgIpc) is 2.42. The molecular formula is C16H22N2O3. The third-order valence-corrected chi connectivity index (χ3v) is 4.08. The number of carboxylic acids is 1. The van der Waals surface area contributed by atoms with Crippen molar-refractivity contribution in [2.24, 2.45) is 5.92 Å². The van der Waals surface area contributed by atoms with E-state index in [0.29, 0.717) is 6.54 Å². The molecule has 2 amide bonds. The van der Waals surface area contributed by atoms with Crippen LogP contribution in [0.25, 0.3) is 0 Å². The van der Waals surface area contributed by atoms with Crippen LogP contribution < -0.4 is 5.32 Å². The van der Waals surface area contributed by atoms with Crippen LogP contribution in [-0.2, 0) is 4.79 Å². The zero-order chi connectivity index (χ0) is 15.6. The first-order chi connectivity index (χ1) is 9.90. The van der Waals surface area contributed by atoms with Crippen LogP contribution in [0.2, 0.25) is 0 Å². The zero-order valence-corrected chi connectivity index (χ0v) is 12.7. The van der Waals surface area contributed by atoms with Gasteiger partial charge in [-0.25, -0.2) is 9.59 Å². The number of rotatable bonds is 2. The highest BCUT2D eigenvalue weighted by atomic mass is 16.4. The second-order valence-corrected chi connectivity index (χ2v) is 5.84. The summed E-state index contributed by atoms with van der Waals surface area (Å²) in [6.45, 7) is 6.24. The number of carbonyl (C=O) groups excluding carboxylic acids is 1. The minimum absolute atomic E-state index is 0.0272. The van der Waals surface area contributed by atoms with E-state index in [0.717, 1.165) is 29.7 Å². The van der Waals surface area contributed by atoms with Crippen molar-refractivity contribution in [2.45, 2.75) is 39.7 Å². The summed E-state index contributed by atoms with van der Waals surface area (Å²) in [4.78, 5) is 25.3. The quantitative estimate of drug-likeness (QED) is 0.879. The molecule has 114 valence electrons. The van der Waals surface area contributed by atoms with Gasteiger partial charge in [0.05, 0.1) is 0 Å². The number of amides is 2. The number of urea groups is 1. The summed E-state index contributed by atoms with van der Waals surface area (Å²) in [5, 5.41) is 12.2. The van der Waals surface area contributed by atoms with Gasteiger partial charge >= 0.3 is 12.0 Å². The van der Waals surface area contributed by atoms with Gasteiger partial charge in [-0.1, -0.05) is 19.1 Å². The number of hydrogen-bond acceptors (Lipinski definition) is 2. The minimum atomic E-state index is -0.932. The van der Waals surface area contributed by atoms with E-state index in [4.69, 9.17) is 0 Å². The molecule has 1 fully saturated rings. The van der Waals surface area contributed by atoms with E-state index in [1.54, 1.807) is 0 Å². The van der Waals surface area contributed by atoms with Crippen molar-refractivity contribution in [3.8, 4) is 0 Å². The molecule has 0 bridgehead atoms. The summed E-state index contributed by atoms with van der Waals surface area (Å²) in [5.74, 6) is -0.959. The molecule has 0 aliphatic carbocycles. The highest BCUT2D eigenvalue weighted by Gasteiger charge is 2.37. The fourth-order valence-electron chi connectivity index (χ4n) is 2.85. The molecule has 5 nitrogen and oxygen atoms in total. The smallest absolute Gasteiger partial charge is 0.326 e. The number of carbonyl (C=O) groups is 2. The lowest BCUT2D eigenvalue weighted by atomic mass is 9.91. The number of piperidine rings is 1. The van der Waals surface area contributed by atoms with Crippen molar-refractivity contribution in [1.29, 1.82) is 0 Å². The predicted molar refractivity (Wildman–Crippen MR) is 81.5 cm³/mol. The molecule has 1 aromatic rings. The van der Waals surface area contributed by atoms with E-state index < -0.39 is 12.0 Å². The standard InChI is InChI=1S/C16H22N2O3/c1-10-6-7-11(2)13(9-10)17-16(21)18-8-4-5-12(3)14(18)15(19)20/h6-7,9,12,14H,4-5,8H2,1-3H3,(H,17,21)(H,19,20). The Bertz CT molecular complexity index is 556. The molecule has 1 saturated heterocycles. The van der Waals surface area contributed by atoms with E-state index >= 15 is 0 Å². The van der Waals surface area contributed by atoms with E-state index in [9.17, 15) is 14.7 Å². The first-order valence-electron chi connectivity index (χ1n) is 7.28.